The van der Waals surface area contributed by atoms with E-state index in [-0.39, 0.29) is 6.10 Å². The van der Waals surface area contributed by atoms with E-state index in [1.807, 2.05) is 0 Å². The highest BCUT2D eigenvalue weighted by atomic mass is 16.3. The molecular formula is C14H21NO. The Morgan fingerprint density at radius 1 is 1.25 bits per heavy atom. The van der Waals surface area contributed by atoms with Crippen molar-refractivity contribution >= 4 is 0 Å². The average Bonchev–Trinajstić information content (AvgIpc) is 2.68. The molecule has 1 aliphatic carbocycles. The summed E-state index contributed by atoms with van der Waals surface area (Å²) >= 11 is 0. The van der Waals surface area contributed by atoms with Gasteiger partial charge < -0.3 is 5.11 Å². The lowest BCUT2D eigenvalue weighted by molar-refractivity contribution is 0.0825. The van der Waals surface area contributed by atoms with Crippen LogP contribution in [0.5, 0.6) is 0 Å². The summed E-state index contributed by atoms with van der Waals surface area (Å²) in [6.07, 6.45) is 3.12. The van der Waals surface area contributed by atoms with Gasteiger partial charge in [-0.25, -0.2) is 0 Å². The van der Waals surface area contributed by atoms with Gasteiger partial charge in [0.25, 0.3) is 0 Å². The fourth-order valence-corrected chi connectivity index (χ4v) is 2.53. The third kappa shape index (κ3) is 2.63. The van der Waals surface area contributed by atoms with Crippen LogP contribution in [-0.2, 0) is 6.54 Å². The fourth-order valence-electron chi connectivity index (χ4n) is 2.53. The predicted octanol–water partition coefficient (Wildman–Crippen LogP) is 2.34. The van der Waals surface area contributed by atoms with Crippen molar-refractivity contribution in [2.24, 2.45) is 0 Å². The molecule has 2 rings (SSSR count). The summed E-state index contributed by atoms with van der Waals surface area (Å²) in [6.45, 7) is 3.04. The van der Waals surface area contributed by atoms with Gasteiger partial charge in [0.05, 0.1) is 6.10 Å². The molecule has 2 atom stereocenters. The molecule has 16 heavy (non-hydrogen) atoms. The van der Waals surface area contributed by atoms with Crippen molar-refractivity contribution in [3.8, 4) is 0 Å². The van der Waals surface area contributed by atoms with E-state index in [9.17, 15) is 5.11 Å². The summed E-state index contributed by atoms with van der Waals surface area (Å²) in [5.74, 6) is 0. The van der Waals surface area contributed by atoms with Crippen molar-refractivity contribution in [1.29, 1.82) is 0 Å². The van der Waals surface area contributed by atoms with Gasteiger partial charge in [0, 0.05) is 12.6 Å². The van der Waals surface area contributed by atoms with E-state index in [1.165, 1.54) is 11.1 Å². The first-order chi connectivity index (χ1) is 7.66. The van der Waals surface area contributed by atoms with E-state index in [4.69, 9.17) is 0 Å². The molecule has 0 aliphatic heterocycles. The van der Waals surface area contributed by atoms with Crippen molar-refractivity contribution in [2.45, 2.75) is 44.9 Å². The second kappa shape index (κ2) is 4.98. The number of benzene rings is 1. The Labute approximate surface area is 97.9 Å². The van der Waals surface area contributed by atoms with Crippen molar-refractivity contribution in [1.82, 2.24) is 4.90 Å². The molecule has 1 fully saturated rings. The van der Waals surface area contributed by atoms with E-state index in [1.54, 1.807) is 0 Å². The zero-order valence-corrected chi connectivity index (χ0v) is 10.2. The Kier molecular flexibility index (Phi) is 3.62. The Balaban J connectivity index is 1.96. The first-order valence-electron chi connectivity index (χ1n) is 6.10. The minimum Gasteiger partial charge on any atom is -0.391 e. The zero-order chi connectivity index (χ0) is 11.5. The lowest BCUT2D eigenvalue weighted by Gasteiger charge is -2.27. The minimum atomic E-state index is -0.129. The molecular weight excluding hydrogens is 198 g/mol. The highest BCUT2D eigenvalue weighted by Crippen LogP contribution is 2.24. The van der Waals surface area contributed by atoms with Gasteiger partial charge in [-0.05, 0) is 38.8 Å². The third-order valence-electron chi connectivity index (χ3n) is 3.56. The monoisotopic (exact) mass is 219 g/mol. The molecule has 0 radical (unpaired) electrons. The van der Waals surface area contributed by atoms with Gasteiger partial charge in [-0.1, -0.05) is 29.8 Å². The molecule has 1 aromatic carbocycles. The van der Waals surface area contributed by atoms with E-state index < -0.39 is 0 Å². The molecule has 0 saturated heterocycles. The van der Waals surface area contributed by atoms with Gasteiger partial charge in [-0.3, -0.25) is 4.90 Å². The van der Waals surface area contributed by atoms with Gasteiger partial charge >= 0.3 is 0 Å². The van der Waals surface area contributed by atoms with E-state index in [2.05, 4.69) is 43.1 Å². The first-order valence-corrected chi connectivity index (χ1v) is 6.10. The maximum absolute atomic E-state index is 9.84. The molecule has 0 amide bonds. The lowest BCUT2D eigenvalue weighted by Crippen LogP contribution is -2.36. The maximum Gasteiger partial charge on any atom is 0.0695 e. The maximum atomic E-state index is 9.84. The van der Waals surface area contributed by atoms with Gasteiger partial charge in [-0.15, -0.1) is 0 Å². The van der Waals surface area contributed by atoms with Crippen LogP contribution in [0.4, 0.5) is 0 Å². The number of hydrogen-bond acceptors (Lipinski definition) is 2. The highest BCUT2D eigenvalue weighted by Gasteiger charge is 2.28. The van der Waals surface area contributed by atoms with Crippen molar-refractivity contribution in [2.75, 3.05) is 7.05 Å². The summed E-state index contributed by atoms with van der Waals surface area (Å²) in [4.78, 5) is 2.28. The molecule has 0 aromatic heterocycles. The first kappa shape index (κ1) is 11.6. The normalized spacial score (nSPS) is 25.2. The van der Waals surface area contributed by atoms with Crippen LogP contribution >= 0.6 is 0 Å². The van der Waals surface area contributed by atoms with Crippen LogP contribution in [0.2, 0.25) is 0 Å². The van der Waals surface area contributed by atoms with Crippen LogP contribution in [0, 0.1) is 6.92 Å². The SMILES string of the molecule is Cc1ccc(CN(C)[C@H]2CCC[C@@H]2O)cc1. The van der Waals surface area contributed by atoms with Crippen LogP contribution in [0.25, 0.3) is 0 Å². The van der Waals surface area contributed by atoms with E-state index in [0.717, 1.165) is 25.8 Å². The van der Waals surface area contributed by atoms with Crippen LogP contribution in [0.3, 0.4) is 0 Å². The van der Waals surface area contributed by atoms with Crippen LogP contribution < -0.4 is 0 Å². The summed E-state index contributed by atoms with van der Waals surface area (Å²) in [7, 11) is 2.11. The molecule has 88 valence electrons. The summed E-state index contributed by atoms with van der Waals surface area (Å²) in [5, 5.41) is 9.84. The third-order valence-corrected chi connectivity index (χ3v) is 3.56. The summed E-state index contributed by atoms with van der Waals surface area (Å²) in [6, 6.07) is 8.99. The second-order valence-corrected chi connectivity index (χ2v) is 4.97. The molecule has 1 saturated carbocycles. The van der Waals surface area contributed by atoms with Crippen LogP contribution in [-0.4, -0.2) is 29.2 Å². The van der Waals surface area contributed by atoms with Crippen molar-refractivity contribution < 1.29 is 5.11 Å². The molecule has 0 bridgehead atoms. The number of aliphatic hydroxyl groups excluding tert-OH is 1. The smallest absolute Gasteiger partial charge is 0.0695 e. The van der Waals surface area contributed by atoms with Gasteiger partial charge in [0.15, 0.2) is 0 Å². The number of nitrogens with zero attached hydrogens (tertiary/aromatic N) is 1. The Morgan fingerprint density at radius 2 is 1.94 bits per heavy atom. The molecule has 0 unspecified atom stereocenters. The number of likely N-dealkylation sites (N-methyl/N-ethyl adjacent to an activating group) is 1. The summed E-state index contributed by atoms with van der Waals surface area (Å²) < 4.78 is 0. The molecule has 2 nitrogen and oxygen atoms in total. The largest absolute Gasteiger partial charge is 0.391 e. The fraction of sp³-hybridized carbons (Fsp3) is 0.571. The Hall–Kier alpha value is -0.860. The van der Waals surface area contributed by atoms with Crippen molar-refractivity contribution in [3.63, 3.8) is 0 Å². The van der Waals surface area contributed by atoms with Gasteiger partial charge in [0.2, 0.25) is 0 Å². The van der Waals surface area contributed by atoms with Crippen LogP contribution in [0.1, 0.15) is 30.4 Å². The topological polar surface area (TPSA) is 23.5 Å². The van der Waals surface area contributed by atoms with E-state index >= 15 is 0 Å². The zero-order valence-electron chi connectivity index (χ0n) is 10.2. The Bertz CT molecular complexity index is 333. The number of hydrogen-bond donors (Lipinski definition) is 1. The van der Waals surface area contributed by atoms with Gasteiger partial charge in [-0.2, -0.15) is 0 Å². The standard InChI is InChI=1S/C14H21NO/c1-11-6-8-12(9-7-11)10-15(2)13-4-3-5-14(13)16/h6-9,13-14,16H,3-5,10H2,1-2H3/t13-,14-/m0/s1. The quantitative estimate of drug-likeness (QED) is 0.843. The number of rotatable bonds is 3. The molecule has 1 aromatic rings. The lowest BCUT2D eigenvalue weighted by atomic mass is 10.1. The molecule has 0 spiro atoms. The minimum absolute atomic E-state index is 0.129. The highest BCUT2D eigenvalue weighted by molar-refractivity contribution is 5.21. The predicted molar refractivity (Wildman–Crippen MR) is 66.3 cm³/mol. The molecule has 1 N–H and O–H groups in total. The molecule has 2 heteroatoms. The number of aliphatic hydroxyl groups is 1. The van der Waals surface area contributed by atoms with Crippen molar-refractivity contribution in [3.05, 3.63) is 35.4 Å². The van der Waals surface area contributed by atoms with E-state index in [0.29, 0.717) is 6.04 Å². The Morgan fingerprint density at radius 3 is 2.50 bits per heavy atom. The molecule has 1 aliphatic rings. The molecule has 0 heterocycles. The summed E-state index contributed by atoms with van der Waals surface area (Å²) in [5.41, 5.74) is 2.62. The average molecular weight is 219 g/mol. The number of aryl methyl sites for hydroxylation is 1. The van der Waals surface area contributed by atoms with Gasteiger partial charge in [0.1, 0.15) is 0 Å². The second-order valence-electron chi connectivity index (χ2n) is 4.97. The van der Waals surface area contributed by atoms with Crippen LogP contribution in [0.15, 0.2) is 24.3 Å².